The fourth-order valence-electron chi connectivity index (χ4n) is 3.53. The van der Waals surface area contributed by atoms with Gasteiger partial charge in [0.15, 0.2) is 10.9 Å². The lowest BCUT2D eigenvalue weighted by Crippen LogP contribution is -2.32. The van der Waals surface area contributed by atoms with E-state index in [-0.39, 0.29) is 17.3 Å². The molecule has 2 aliphatic rings. The van der Waals surface area contributed by atoms with E-state index in [4.69, 9.17) is 0 Å². The molecule has 1 atom stereocenters. The lowest BCUT2D eigenvalue weighted by molar-refractivity contribution is -0.116. The van der Waals surface area contributed by atoms with Crippen LogP contribution in [0.25, 0.3) is 0 Å². The lowest BCUT2D eigenvalue weighted by Gasteiger charge is -2.32. The molecule has 0 saturated carbocycles. The van der Waals surface area contributed by atoms with Crippen LogP contribution in [0.3, 0.4) is 0 Å². The number of Topliss-reactive ketones (excluding diaryl/α,β-unsaturated/α-hetero) is 1. The number of allylic oxidation sites excluding steroid dienone is 2. The van der Waals surface area contributed by atoms with Crippen molar-refractivity contribution in [3.8, 4) is 0 Å². The number of aromatic amines is 1. The number of thioether (sulfide) groups is 1. The van der Waals surface area contributed by atoms with Gasteiger partial charge in [-0.25, -0.2) is 4.98 Å². The van der Waals surface area contributed by atoms with Crippen LogP contribution in [0.4, 0.5) is 5.82 Å². The first-order valence-corrected chi connectivity index (χ1v) is 9.37. The van der Waals surface area contributed by atoms with Crippen molar-refractivity contribution in [2.75, 3.05) is 11.1 Å². The van der Waals surface area contributed by atoms with E-state index in [1.807, 2.05) is 19.1 Å². The van der Waals surface area contributed by atoms with E-state index in [0.29, 0.717) is 28.5 Å². The fraction of sp³-hybridized carbons (Fsp3) is 0.333. The number of ketones is 1. The van der Waals surface area contributed by atoms with Gasteiger partial charge in [-0.15, -0.1) is 0 Å². The third-order valence-corrected chi connectivity index (χ3v) is 5.31. The zero-order valence-electron chi connectivity index (χ0n) is 13.8. The molecule has 3 heterocycles. The van der Waals surface area contributed by atoms with Crippen LogP contribution in [0, 0.1) is 0 Å². The molecule has 0 unspecified atom stereocenters. The summed E-state index contributed by atoms with van der Waals surface area (Å²) in [6.07, 6.45) is 5.52. The number of hydrogen-bond donors (Lipinski definition) is 2. The molecule has 0 radical (unpaired) electrons. The molecule has 2 N–H and O–H groups in total. The van der Waals surface area contributed by atoms with Crippen LogP contribution in [0.5, 0.6) is 0 Å². The van der Waals surface area contributed by atoms with Gasteiger partial charge in [0.05, 0.1) is 5.56 Å². The first kappa shape index (κ1) is 16.1. The van der Waals surface area contributed by atoms with E-state index in [9.17, 15) is 9.59 Å². The van der Waals surface area contributed by atoms with Gasteiger partial charge in [-0.1, -0.05) is 18.7 Å². The molecular formula is C18H18N4O2S. The highest BCUT2D eigenvalue weighted by Crippen LogP contribution is 2.43. The minimum atomic E-state index is -0.390. The topological polar surface area (TPSA) is 87.7 Å². The molecule has 2 aromatic rings. The summed E-state index contributed by atoms with van der Waals surface area (Å²) in [5.41, 5.74) is 2.81. The minimum absolute atomic E-state index is 0.104. The van der Waals surface area contributed by atoms with Gasteiger partial charge >= 0.3 is 0 Å². The van der Waals surface area contributed by atoms with Gasteiger partial charge in [-0.05, 0) is 36.3 Å². The minimum Gasteiger partial charge on any atom is -0.343 e. The van der Waals surface area contributed by atoms with Crippen molar-refractivity contribution < 1.29 is 4.79 Å². The molecule has 25 heavy (non-hydrogen) atoms. The molecule has 7 heteroatoms. The second kappa shape index (κ2) is 6.48. The Labute approximate surface area is 149 Å². The Hall–Kier alpha value is -2.41. The van der Waals surface area contributed by atoms with E-state index in [1.54, 1.807) is 12.4 Å². The zero-order valence-corrected chi connectivity index (χ0v) is 14.7. The second-order valence-electron chi connectivity index (χ2n) is 6.07. The van der Waals surface area contributed by atoms with E-state index in [0.717, 1.165) is 29.9 Å². The predicted molar refractivity (Wildman–Crippen MR) is 96.8 cm³/mol. The number of aromatic nitrogens is 3. The van der Waals surface area contributed by atoms with Crippen molar-refractivity contribution in [1.29, 1.82) is 0 Å². The highest BCUT2D eigenvalue weighted by molar-refractivity contribution is 7.99. The number of anilines is 1. The fourth-order valence-corrected chi connectivity index (χ4v) is 4.13. The third-order valence-electron chi connectivity index (χ3n) is 4.56. The summed E-state index contributed by atoms with van der Waals surface area (Å²) < 4.78 is 0. The molecule has 0 fully saturated rings. The second-order valence-corrected chi connectivity index (χ2v) is 7.33. The van der Waals surface area contributed by atoms with Crippen LogP contribution in [0.15, 0.2) is 45.7 Å². The lowest BCUT2D eigenvalue weighted by atomic mass is 9.77. The molecule has 1 aliphatic heterocycles. The maximum Gasteiger partial charge on any atom is 0.257 e. The van der Waals surface area contributed by atoms with Crippen molar-refractivity contribution in [1.82, 2.24) is 15.0 Å². The molecule has 128 valence electrons. The monoisotopic (exact) mass is 354 g/mol. The van der Waals surface area contributed by atoms with Crippen LogP contribution in [-0.2, 0) is 4.79 Å². The molecule has 0 spiro atoms. The summed E-state index contributed by atoms with van der Waals surface area (Å²) in [7, 11) is 0. The summed E-state index contributed by atoms with van der Waals surface area (Å²) in [5, 5.41) is 3.86. The zero-order chi connectivity index (χ0) is 17.4. The number of pyridine rings is 1. The Morgan fingerprint density at radius 3 is 2.80 bits per heavy atom. The molecule has 0 amide bonds. The van der Waals surface area contributed by atoms with Crippen molar-refractivity contribution in [3.63, 3.8) is 0 Å². The van der Waals surface area contributed by atoms with E-state index in [1.165, 1.54) is 11.8 Å². The Balaban J connectivity index is 1.95. The number of rotatable bonds is 3. The summed E-state index contributed by atoms with van der Waals surface area (Å²) in [4.78, 5) is 37.0. The Bertz CT molecular complexity index is 920. The molecule has 2 aromatic heterocycles. The number of nitrogens with one attached hydrogen (secondary N) is 2. The quantitative estimate of drug-likeness (QED) is 0.651. The summed E-state index contributed by atoms with van der Waals surface area (Å²) in [6.45, 7) is 2.01. The highest BCUT2D eigenvalue weighted by Gasteiger charge is 2.37. The van der Waals surface area contributed by atoms with Gasteiger partial charge in [0.25, 0.3) is 5.56 Å². The van der Waals surface area contributed by atoms with Gasteiger partial charge in [0, 0.05) is 36.0 Å². The summed E-state index contributed by atoms with van der Waals surface area (Å²) in [5.74, 6) is 1.10. The molecule has 1 aliphatic carbocycles. The highest BCUT2D eigenvalue weighted by atomic mass is 32.2. The number of carbonyl (C=O) groups is 1. The van der Waals surface area contributed by atoms with Crippen LogP contribution < -0.4 is 10.9 Å². The van der Waals surface area contributed by atoms with Crippen molar-refractivity contribution in [3.05, 3.63) is 57.3 Å². The molecule has 6 nitrogen and oxygen atoms in total. The standard InChI is InChI=1S/C18H18N4O2S/c1-2-25-18-21-16-15(17(24)22-18)13(10-6-8-19-9-7-10)14-11(20-16)4-3-5-12(14)23/h6-9,13H,2-5H2,1H3,(H2,20,21,22,24)/t13-/m0/s1. The van der Waals surface area contributed by atoms with Crippen molar-refractivity contribution in [2.45, 2.75) is 37.3 Å². The van der Waals surface area contributed by atoms with Crippen molar-refractivity contribution >= 4 is 23.4 Å². The SMILES string of the molecule is CCSc1nc2c(c(=O)[nH]1)[C@@H](c1ccncc1)C1=C(CCCC1=O)N2. The number of nitrogens with zero attached hydrogens (tertiary/aromatic N) is 2. The van der Waals surface area contributed by atoms with Gasteiger partial charge in [-0.3, -0.25) is 14.6 Å². The van der Waals surface area contributed by atoms with Crippen LogP contribution in [0.1, 0.15) is 43.2 Å². The van der Waals surface area contributed by atoms with Gasteiger partial charge in [0.1, 0.15) is 5.82 Å². The Morgan fingerprint density at radius 2 is 2.04 bits per heavy atom. The molecule has 0 aromatic carbocycles. The normalized spacial score (nSPS) is 19.2. The van der Waals surface area contributed by atoms with E-state index >= 15 is 0 Å². The molecule has 0 saturated heterocycles. The Morgan fingerprint density at radius 1 is 1.24 bits per heavy atom. The number of hydrogen-bond acceptors (Lipinski definition) is 6. The van der Waals surface area contributed by atoms with Gasteiger partial charge in [-0.2, -0.15) is 0 Å². The van der Waals surface area contributed by atoms with Crippen LogP contribution in [0.2, 0.25) is 0 Å². The number of carbonyl (C=O) groups excluding carboxylic acids is 1. The van der Waals surface area contributed by atoms with Crippen molar-refractivity contribution in [2.24, 2.45) is 0 Å². The van der Waals surface area contributed by atoms with Gasteiger partial charge in [0.2, 0.25) is 0 Å². The Kier molecular flexibility index (Phi) is 4.17. The van der Waals surface area contributed by atoms with E-state index < -0.39 is 0 Å². The predicted octanol–water partition coefficient (Wildman–Crippen LogP) is 2.84. The maximum absolute atomic E-state index is 12.8. The number of H-pyrrole nitrogens is 1. The average molecular weight is 354 g/mol. The average Bonchev–Trinajstić information content (AvgIpc) is 2.61. The number of fused-ring (bicyclic) bond motifs is 1. The largest absolute Gasteiger partial charge is 0.343 e. The van der Waals surface area contributed by atoms with Crippen LogP contribution >= 0.6 is 11.8 Å². The third kappa shape index (κ3) is 2.78. The molecule has 4 rings (SSSR count). The van der Waals surface area contributed by atoms with Gasteiger partial charge < -0.3 is 10.3 Å². The molecule has 0 bridgehead atoms. The van der Waals surface area contributed by atoms with E-state index in [2.05, 4.69) is 20.3 Å². The maximum atomic E-state index is 12.8. The first-order chi connectivity index (χ1) is 12.2. The summed E-state index contributed by atoms with van der Waals surface area (Å²) >= 11 is 1.49. The van der Waals surface area contributed by atoms with Crippen LogP contribution in [-0.4, -0.2) is 26.5 Å². The first-order valence-electron chi connectivity index (χ1n) is 8.39. The smallest absolute Gasteiger partial charge is 0.257 e. The molecular weight excluding hydrogens is 336 g/mol. The summed E-state index contributed by atoms with van der Waals surface area (Å²) in [6, 6.07) is 3.72.